The van der Waals surface area contributed by atoms with Crippen LogP contribution in [0, 0.1) is 6.92 Å². The maximum Gasteiger partial charge on any atom is 0.223 e. The maximum atomic E-state index is 4.95. The van der Waals surface area contributed by atoms with Crippen molar-refractivity contribution >= 4 is 16.9 Å². The van der Waals surface area contributed by atoms with Crippen LogP contribution in [0.3, 0.4) is 0 Å². The van der Waals surface area contributed by atoms with E-state index in [-0.39, 0.29) is 0 Å². The Labute approximate surface area is 117 Å². The van der Waals surface area contributed by atoms with Gasteiger partial charge in [0.2, 0.25) is 5.89 Å². The minimum atomic E-state index is 0.338. The number of aromatic nitrogens is 2. The first-order valence-corrected chi connectivity index (χ1v) is 7.99. The van der Waals surface area contributed by atoms with Crippen LogP contribution in [0.4, 0.5) is 0 Å². The molecule has 1 spiro atoms. The summed E-state index contributed by atoms with van der Waals surface area (Å²) in [5.74, 6) is 2.54. The third kappa shape index (κ3) is 3.11. The third-order valence-electron chi connectivity index (χ3n) is 3.83. The van der Waals surface area contributed by atoms with Gasteiger partial charge in [-0.1, -0.05) is 36.2 Å². The largest absolute Gasteiger partial charge is 0.359 e. The van der Waals surface area contributed by atoms with Crippen LogP contribution in [-0.2, 0) is 6.42 Å². The number of rotatable bonds is 3. The summed E-state index contributed by atoms with van der Waals surface area (Å²) in [6, 6.07) is 0. The monoisotopic (exact) mass is 280 g/mol. The van der Waals surface area contributed by atoms with Crippen molar-refractivity contribution in [1.82, 2.24) is 15.5 Å². The van der Waals surface area contributed by atoms with Crippen molar-refractivity contribution < 1.29 is 4.52 Å². The van der Waals surface area contributed by atoms with E-state index in [4.69, 9.17) is 4.52 Å². The zero-order chi connectivity index (χ0) is 13.1. The molecule has 2 fully saturated rings. The molecule has 0 amide bonds. The van der Waals surface area contributed by atoms with Crippen molar-refractivity contribution in [1.29, 1.82) is 0 Å². The lowest BCUT2D eigenvalue weighted by molar-refractivity contribution is 0.303. The van der Waals surface area contributed by atoms with Gasteiger partial charge in [0.15, 0.2) is 11.0 Å². The second kappa shape index (κ2) is 5.53. The standard InChI is InChI=1S/C13H20N4OS/c1-10-15-11(17-18-10)5-8-14-12-16-13(9-19-12)6-3-2-4-7-13/h2-9H2,1H3,(H,14,16). The van der Waals surface area contributed by atoms with Crippen LogP contribution in [-0.4, -0.2) is 33.1 Å². The Morgan fingerprint density at radius 2 is 2.21 bits per heavy atom. The van der Waals surface area contributed by atoms with Gasteiger partial charge >= 0.3 is 0 Å². The molecule has 1 saturated carbocycles. The summed E-state index contributed by atoms with van der Waals surface area (Å²) < 4.78 is 4.95. The lowest BCUT2D eigenvalue weighted by Gasteiger charge is -2.32. The molecular formula is C13H20N4OS. The molecule has 2 heterocycles. The Hall–Kier alpha value is -1.04. The molecule has 0 radical (unpaired) electrons. The lowest BCUT2D eigenvalue weighted by atomic mass is 9.83. The second-order valence-electron chi connectivity index (χ2n) is 5.42. The third-order valence-corrected chi connectivity index (χ3v) is 5.03. The molecule has 1 aliphatic heterocycles. The van der Waals surface area contributed by atoms with Gasteiger partial charge in [-0.05, 0) is 12.8 Å². The van der Waals surface area contributed by atoms with Gasteiger partial charge in [0.1, 0.15) is 0 Å². The number of hydrogen-bond acceptors (Lipinski definition) is 5. The van der Waals surface area contributed by atoms with Crippen LogP contribution in [0.25, 0.3) is 0 Å². The Kier molecular flexibility index (Phi) is 3.77. The molecule has 0 aromatic carbocycles. The van der Waals surface area contributed by atoms with Crippen LogP contribution in [0.2, 0.25) is 0 Å². The fraction of sp³-hybridized carbons (Fsp3) is 0.769. The Balaban J connectivity index is 1.51. The number of nitrogens with one attached hydrogen (secondary N) is 1. The Bertz CT molecular complexity index is 465. The van der Waals surface area contributed by atoms with E-state index in [2.05, 4.69) is 20.4 Å². The average molecular weight is 280 g/mol. The lowest BCUT2D eigenvalue weighted by Crippen LogP contribution is -2.45. The van der Waals surface area contributed by atoms with Crippen molar-refractivity contribution in [3.8, 4) is 0 Å². The zero-order valence-corrected chi connectivity index (χ0v) is 12.1. The highest BCUT2D eigenvalue weighted by Gasteiger charge is 2.37. The molecule has 6 heteroatoms. The molecule has 2 aliphatic rings. The van der Waals surface area contributed by atoms with E-state index in [1.54, 1.807) is 0 Å². The molecule has 104 valence electrons. The Morgan fingerprint density at radius 1 is 1.37 bits per heavy atom. The summed E-state index contributed by atoms with van der Waals surface area (Å²) in [6.45, 7) is 2.54. The van der Waals surface area contributed by atoms with Crippen molar-refractivity contribution in [2.75, 3.05) is 12.3 Å². The summed E-state index contributed by atoms with van der Waals surface area (Å²) >= 11 is 1.86. The van der Waals surface area contributed by atoms with E-state index < -0.39 is 0 Å². The Morgan fingerprint density at radius 3 is 2.95 bits per heavy atom. The SMILES string of the molecule is Cc1nc(CCN=C2NC3(CCCCC3)CS2)no1. The molecule has 0 unspecified atom stereocenters. The van der Waals surface area contributed by atoms with E-state index in [0.29, 0.717) is 11.4 Å². The van der Waals surface area contributed by atoms with Gasteiger partial charge < -0.3 is 9.84 Å². The van der Waals surface area contributed by atoms with E-state index in [0.717, 1.165) is 24.0 Å². The smallest absolute Gasteiger partial charge is 0.223 e. The molecule has 5 nitrogen and oxygen atoms in total. The summed E-state index contributed by atoms with van der Waals surface area (Å²) in [5.41, 5.74) is 0.338. The maximum absolute atomic E-state index is 4.95. The molecular weight excluding hydrogens is 260 g/mol. The minimum Gasteiger partial charge on any atom is -0.359 e. The van der Waals surface area contributed by atoms with Gasteiger partial charge in [0.25, 0.3) is 0 Å². The van der Waals surface area contributed by atoms with Crippen molar-refractivity contribution in [2.45, 2.75) is 51.0 Å². The zero-order valence-electron chi connectivity index (χ0n) is 11.3. The molecule has 1 aliphatic carbocycles. The van der Waals surface area contributed by atoms with Gasteiger partial charge in [0, 0.05) is 31.2 Å². The number of nitrogens with zero attached hydrogens (tertiary/aromatic N) is 3. The van der Waals surface area contributed by atoms with Crippen molar-refractivity contribution in [2.24, 2.45) is 4.99 Å². The summed E-state index contributed by atoms with van der Waals surface area (Å²) in [7, 11) is 0. The molecule has 19 heavy (non-hydrogen) atoms. The highest BCUT2D eigenvalue weighted by Crippen LogP contribution is 2.36. The fourth-order valence-corrected chi connectivity index (χ4v) is 4.03. The van der Waals surface area contributed by atoms with E-state index in [9.17, 15) is 0 Å². The summed E-state index contributed by atoms with van der Waals surface area (Å²) in [4.78, 5) is 8.81. The van der Waals surface area contributed by atoms with E-state index >= 15 is 0 Å². The summed E-state index contributed by atoms with van der Waals surface area (Å²) in [6.07, 6.45) is 7.42. The van der Waals surface area contributed by atoms with Crippen LogP contribution in [0.5, 0.6) is 0 Å². The van der Waals surface area contributed by atoms with Crippen LogP contribution in [0.1, 0.15) is 43.8 Å². The fourth-order valence-electron chi connectivity index (χ4n) is 2.79. The quantitative estimate of drug-likeness (QED) is 0.920. The first-order chi connectivity index (χ1) is 9.26. The minimum absolute atomic E-state index is 0.338. The first-order valence-electron chi connectivity index (χ1n) is 7.00. The van der Waals surface area contributed by atoms with Gasteiger partial charge in [-0.25, -0.2) is 0 Å². The predicted octanol–water partition coefficient (Wildman–Crippen LogP) is 2.32. The molecule has 1 saturated heterocycles. The van der Waals surface area contributed by atoms with Gasteiger partial charge in [-0.15, -0.1) is 0 Å². The number of aliphatic imine (C=N–C) groups is 1. The van der Waals surface area contributed by atoms with Crippen molar-refractivity contribution in [3.05, 3.63) is 11.7 Å². The molecule has 1 aromatic rings. The van der Waals surface area contributed by atoms with Crippen LogP contribution in [0.15, 0.2) is 9.52 Å². The highest BCUT2D eigenvalue weighted by atomic mass is 32.2. The number of thioether (sulfide) groups is 1. The first kappa shape index (κ1) is 13.0. The predicted molar refractivity (Wildman–Crippen MR) is 76.5 cm³/mol. The normalized spacial score (nSPS) is 23.9. The number of hydrogen-bond donors (Lipinski definition) is 1. The van der Waals surface area contributed by atoms with Crippen molar-refractivity contribution in [3.63, 3.8) is 0 Å². The number of amidine groups is 1. The van der Waals surface area contributed by atoms with E-state index in [1.807, 2.05) is 18.7 Å². The highest BCUT2D eigenvalue weighted by molar-refractivity contribution is 8.14. The van der Waals surface area contributed by atoms with E-state index in [1.165, 1.54) is 37.9 Å². The van der Waals surface area contributed by atoms with Gasteiger partial charge in [-0.3, -0.25) is 4.99 Å². The van der Waals surface area contributed by atoms with Gasteiger partial charge in [0.05, 0.1) is 0 Å². The van der Waals surface area contributed by atoms with Crippen LogP contribution < -0.4 is 5.32 Å². The summed E-state index contributed by atoms with van der Waals surface area (Å²) in [5, 5.41) is 8.63. The number of aryl methyl sites for hydroxylation is 1. The average Bonchev–Trinajstić information content (AvgIpc) is 2.99. The topological polar surface area (TPSA) is 63.3 Å². The second-order valence-corrected chi connectivity index (χ2v) is 6.39. The van der Waals surface area contributed by atoms with Crippen LogP contribution >= 0.6 is 11.8 Å². The molecule has 0 bridgehead atoms. The molecule has 0 atom stereocenters. The van der Waals surface area contributed by atoms with Gasteiger partial charge in [-0.2, -0.15) is 4.98 Å². The molecule has 1 N–H and O–H groups in total. The molecule has 3 rings (SSSR count). The molecule has 1 aromatic heterocycles.